The van der Waals surface area contributed by atoms with Gasteiger partial charge in [0.25, 0.3) is 5.91 Å². The van der Waals surface area contributed by atoms with E-state index in [1.54, 1.807) is 6.92 Å². The van der Waals surface area contributed by atoms with Crippen LogP contribution in [0.2, 0.25) is 0 Å². The average Bonchev–Trinajstić information content (AvgIpc) is 2.93. The van der Waals surface area contributed by atoms with Gasteiger partial charge in [0.2, 0.25) is 0 Å². The number of unbranched alkanes of at least 4 members (excludes halogenated alkanes) is 1. The molecule has 3 N–H and O–H groups in total. The van der Waals surface area contributed by atoms with Crippen LogP contribution in [0, 0.1) is 11.7 Å². The smallest absolute Gasteiger partial charge is 0.326 e. The molecule has 0 spiro atoms. The lowest BCUT2D eigenvalue weighted by Gasteiger charge is -2.26. The summed E-state index contributed by atoms with van der Waals surface area (Å²) in [5.41, 5.74) is 1.84. The zero-order valence-electron chi connectivity index (χ0n) is 22.7. The number of hydrogen-bond acceptors (Lipinski definition) is 6. The lowest BCUT2D eigenvalue weighted by atomic mass is 10.1. The Bertz CT molecular complexity index is 1020. The number of carboxylic acids is 1. The Morgan fingerprint density at radius 1 is 1.21 bits per heavy atom. The van der Waals surface area contributed by atoms with Crippen LogP contribution in [0.25, 0.3) is 0 Å². The van der Waals surface area contributed by atoms with Gasteiger partial charge in [0, 0.05) is 31.5 Å². The molecule has 0 fully saturated rings. The molecule has 0 aliphatic carbocycles. The minimum Gasteiger partial charge on any atom is -0.480 e. The molecule has 2 aromatic rings. The molecule has 0 saturated carbocycles. The van der Waals surface area contributed by atoms with Gasteiger partial charge in [-0.25, -0.2) is 19.2 Å². The molecule has 0 radical (unpaired) electrons. The number of rotatable bonds is 14. The first-order valence-corrected chi connectivity index (χ1v) is 13.5. The molecule has 2 atom stereocenters. The van der Waals surface area contributed by atoms with Gasteiger partial charge in [-0.05, 0) is 74.8 Å². The third kappa shape index (κ3) is 9.96. The molecule has 0 bridgehead atoms. The lowest BCUT2D eigenvalue weighted by Crippen LogP contribution is -2.44. The predicted octanol–water partition coefficient (Wildman–Crippen LogP) is 4.50. The number of carbonyl (C=O) groups excluding carboxylic acids is 1. The van der Waals surface area contributed by atoms with Crippen molar-refractivity contribution in [2.75, 3.05) is 38.2 Å². The summed E-state index contributed by atoms with van der Waals surface area (Å²) in [5, 5.41) is 15.3. The number of carbonyl (C=O) groups is 2. The van der Waals surface area contributed by atoms with Gasteiger partial charge in [-0.3, -0.25) is 9.18 Å². The second kappa shape index (κ2) is 16.7. The van der Waals surface area contributed by atoms with E-state index < -0.39 is 36.1 Å². The molecule has 1 amide bonds. The molecule has 3 heterocycles. The number of halogens is 2. The van der Waals surface area contributed by atoms with Gasteiger partial charge in [-0.1, -0.05) is 26.8 Å². The van der Waals surface area contributed by atoms with Gasteiger partial charge < -0.3 is 20.6 Å². The zero-order chi connectivity index (χ0) is 27.9. The monoisotopic (exact) mass is 533 g/mol. The van der Waals surface area contributed by atoms with Crippen molar-refractivity contribution < 1.29 is 23.5 Å². The Morgan fingerprint density at radius 3 is 2.71 bits per heavy atom. The fourth-order valence-corrected chi connectivity index (χ4v) is 4.28. The second-order valence-electron chi connectivity index (χ2n) is 9.34. The third-order valence-electron chi connectivity index (χ3n) is 6.25. The van der Waals surface area contributed by atoms with Gasteiger partial charge in [0.05, 0.1) is 6.67 Å². The van der Waals surface area contributed by atoms with Crippen molar-refractivity contribution >= 4 is 17.7 Å². The van der Waals surface area contributed by atoms with E-state index in [1.165, 1.54) is 17.8 Å². The summed E-state index contributed by atoms with van der Waals surface area (Å²) in [4.78, 5) is 34.5. The molecule has 1 aliphatic heterocycles. The Kier molecular flexibility index (Phi) is 13.6. The number of aromatic nitrogens is 2. The Labute approximate surface area is 224 Å². The third-order valence-corrected chi connectivity index (χ3v) is 6.25. The first kappa shape index (κ1) is 31.1. The van der Waals surface area contributed by atoms with Crippen LogP contribution in [0.15, 0.2) is 30.5 Å². The molecule has 2 aromatic heterocycles. The molecule has 3 rings (SSSR count). The second-order valence-corrected chi connectivity index (χ2v) is 9.34. The van der Waals surface area contributed by atoms with E-state index in [2.05, 4.69) is 27.8 Å². The largest absolute Gasteiger partial charge is 0.480 e. The minimum atomic E-state index is -1.22. The first-order chi connectivity index (χ1) is 18.4. The Balaban J connectivity index is 0.00000247. The topological polar surface area (TPSA) is 107 Å². The summed E-state index contributed by atoms with van der Waals surface area (Å²) in [7, 11) is 0. The van der Waals surface area contributed by atoms with Crippen molar-refractivity contribution in [3.05, 3.63) is 53.2 Å². The maximum Gasteiger partial charge on any atom is 0.326 e. The summed E-state index contributed by atoms with van der Waals surface area (Å²) in [6.45, 7) is 7.78. The van der Waals surface area contributed by atoms with Crippen LogP contribution in [-0.2, 0) is 17.6 Å². The van der Waals surface area contributed by atoms with E-state index in [4.69, 9.17) is 4.98 Å². The number of nitrogens with one attached hydrogen (secondary N) is 2. The molecular formula is C28H41F2N5O3. The number of amides is 1. The summed E-state index contributed by atoms with van der Waals surface area (Å²) in [5.74, 6) is -2.13. The standard InChI is InChI=1S/C26H35F2N5O3.C2H6/c1-18(16-27)17-33(14-3-2-7-20-10-9-19-6-4-13-30-24(19)31-20)15-11-22(26(35)36)32-25(34)23-21(28)8-5-12-29-23;1-2/h5,8-10,12,18,22H,2-4,6-7,11,13-17H2,1H3,(H,30,31)(H,32,34)(H,35,36);1-2H3/t18-,22?;/m1./s1. The molecular weight excluding hydrogens is 492 g/mol. The van der Waals surface area contributed by atoms with Gasteiger partial charge >= 0.3 is 5.97 Å². The van der Waals surface area contributed by atoms with Crippen molar-refractivity contribution in [2.24, 2.45) is 5.92 Å². The van der Waals surface area contributed by atoms with Crippen molar-refractivity contribution in [3.8, 4) is 0 Å². The number of aryl methyl sites for hydroxylation is 2. The van der Waals surface area contributed by atoms with E-state index in [0.717, 1.165) is 56.2 Å². The molecule has 38 heavy (non-hydrogen) atoms. The van der Waals surface area contributed by atoms with Gasteiger partial charge in [-0.2, -0.15) is 0 Å². The number of fused-ring (bicyclic) bond motifs is 1. The quantitative estimate of drug-likeness (QED) is 0.307. The van der Waals surface area contributed by atoms with Crippen LogP contribution in [0.1, 0.15) is 68.2 Å². The summed E-state index contributed by atoms with van der Waals surface area (Å²) >= 11 is 0. The highest BCUT2D eigenvalue weighted by atomic mass is 19.1. The highest BCUT2D eigenvalue weighted by molar-refractivity contribution is 5.95. The molecule has 0 aromatic carbocycles. The summed E-state index contributed by atoms with van der Waals surface area (Å²) < 4.78 is 27.0. The molecule has 210 valence electrons. The number of aliphatic carboxylic acids is 1. The normalized spacial score (nSPS) is 13.9. The Morgan fingerprint density at radius 2 is 2.00 bits per heavy atom. The molecule has 1 aliphatic rings. The highest BCUT2D eigenvalue weighted by Gasteiger charge is 2.24. The average molecular weight is 534 g/mol. The number of pyridine rings is 2. The first-order valence-electron chi connectivity index (χ1n) is 13.5. The van der Waals surface area contributed by atoms with E-state index in [1.807, 2.05) is 18.7 Å². The van der Waals surface area contributed by atoms with E-state index in [-0.39, 0.29) is 12.3 Å². The number of carboxylic acid groups (broad SMARTS) is 1. The van der Waals surface area contributed by atoms with Crippen LogP contribution < -0.4 is 10.6 Å². The predicted molar refractivity (Wildman–Crippen MR) is 145 cm³/mol. The number of nitrogens with zero attached hydrogens (tertiary/aromatic N) is 3. The number of anilines is 1. The van der Waals surface area contributed by atoms with E-state index >= 15 is 0 Å². The summed E-state index contributed by atoms with van der Waals surface area (Å²) in [6.07, 6.45) is 6.10. The van der Waals surface area contributed by atoms with Crippen molar-refractivity contribution in [3.63, 3.8) is 0 Å². The highest BCUT2D eigenvalue weighted by Crippen LogP contribution is 2.20. The zero-order valence-corrected chi connectivity index (χ0v) is 22.7. The van der Waals surface area contributed by atoms with Gasteiger partial charge in [0.1, 0.15) is 11.9 Å². The van der Waals surface area contributed by atoms with E-state index in [9.17, 15) is 23.5 Å². The number of alkyl halides is 1. The molecule has 10 heteroatoms. The van der Waals surface area contributed by atoms with Crippen LogP contribution in [0.5, 0.6) is 0 Å². The fraction of sp³-hybridized carbons (Fsp3) is 0.571. The molecule has 1 unspecified atom stereocenters. The van der Waals surface area contributed by atoms with Gasteiger partial charge in [0.15, 0.2) is 11.5 Å². The maximum absolute atomic E-state index is 13.8. The Hall–Kier alpha value is -3.14. The van der Waals surface area contributed by atoms with Gasteiger partial charge in [-0.15, -0.1) is 0 Å². The molecule has 0 saturated heterocycles. The van der Waals surface area contributed by atoms with E-state index in [0.29, 0.717) is 19.6 Å². The lowest BCUT2D eigenvalue weighted by molar-refractivity contribution is -0.139. The minimum absolute atomic E-state index is 0.104. The van der Waals surface area contributed by atoms with Crippen LogP contribution in [0.4, 0.5) is 14.6 Å². The SMILES string of the molecule is CC.C[C@H](CF)CN(CCCCc1ccc2c(n1)NCCC2)CCC(NC(=O)c1ncccc1F)C(=O)O. The van der Waals surface area contributed by atoms with Crippen LogP contribution >= 0.6 is 0 Å². The van der Waals surface area contributed by atoms with Crippen LogP contribution in [-0.4, -0.2) is 70.7 Å². The van der Waals surface area contributed by atoms with Crippen molar-refractivity contribution in [1.29, 1.82) is 0 Å². The fourth-order valence-electron chi connectivity index (χ4n) is 4.28. The maximum atomic E-state index is 13.8. The van der Waals surface area contributed by atoms with Crippen molar-refractivity contribution in [2.45, 2.75) is 65.3 Å². The summed E-state index contributed by atoms with van der Waals surface area (Å²) in [6, 6.07) is 5.43. The number of hydrogen-bond donors (Lipinski definition) is 3. The van der Waals surface area contributed by atoms with Crippen LogP contribution in [0.3, 0.4) is 0 Å². The molecule has 8 nitrogen and oxygen atoms in total. The van der Waals surface area contributed by atoms with Crippen molar-refractivity contribution in [1.82, 2.24) is 20.2 Å².